The van der Waals surface area contributed by atoms with E-state index in [1.807, 2.05) is 49.9 Å². The van der Waals surface area contributed by atoms with Gasteiger partial charge in [0.1, 0.15) is 5.82 Å². The van der Waals surface area contributed by atoms with Crippen LogP contribution in [0, 0.1) is 12.8 Å². The Labute approximate surface area is 168 Å². The van der Waals surface area contributed by atoms with Crippen LogP contribution in [-0.2, 0) is 11.3 Å². The highest BCUT2D eigenvalue weighted by Gasteiger charge is 2.28. The lowest BCUT2D eigenvalue weighted by atomic mass is 9.96. The summed E-state index contributed by atoms with van der Waals surface area (Å²) in [4.78, 5) is 34.5. The number of likely N-dealkylation sites (tertiary alicyclic amines) is 1. The lowest BCUT2D eigenvalue weighted by Crippen LogP contribution is -2.41. The predicted molar refractivity (Wildman–Crippen MR) is 110 cm³/mol. The average molecular weight is 394 g/mol. The minimum Gasteiger partial charge on any atom is -0.342 e. The molecule has 1 fully saturated rings. The summed E-state index contributed by atoms with van der Waals surface area (Å²) in [5.41, 5.74) is 2.69. The molecule has 1 amide bonds. The molecular weight excluding hydrogens is 368 g/mol. The van der Waals surface area contributed by atoms with Crippen LogP contribution >= 0.6 is 0 Å². The summed E-state index contributed by atoms with van der Waals surface area (Å²) in [5, 5.41) is 8.17. The molecule has 1 aliphatic rings. The average Bonchev–Trinajstić information content (AvgIpc) is 3.12. The van der Waals surface area contributed by atoms with Crippen molar-refractivity contribution in [2.45, 2.75) is 46.1 Å². The number of carbonyl (C=O) groups excluding carboxylic acids is 1. The van der Waals surface area contributed by atoms with E-state index < -0.39 is 0 Å². The molecule has 1 unspecified atom stereocenters. The van der Waals surface area contributed by atoms with Gasteiger partial charge in [0, 0.05) is 24.9 Å². The van der Waals surface area contributed by atoms with E-state index in [9.17, 15) is 9.59 Å². The van der Waals surface area contributed by atoms with Gasteiger partial charge in [0.15, 0.2) is 11.2 Å². The number of hydrogen-bond donors (Lipinski definition) is 1. The number of benzene rings is 1. The molecule has 29 heavy (non-hydrogen) atoms. The second-order valence-electron chi connectivity index (χ2n) is 8.13. The number of piperidine rings is 1. The second-order valence-corrected chi connectivity index (χ2v) is 8.13. The number of aromatic amines is 1. The maximum Gasteiger partial charge on any atom is 0.281 e. The van der Waals surface area contributed by atoms with Gasteiger partial charge in [0.2, 0.25) is 5.91 Å². The van der Waals surface area contributed by atoms with Crippen molar-refractivity contribution in [2.75, 3.05) is 13.1 Å². The van der Waals surface area contributed by atoms with Gasteiger partial charge >= 0.3 is 0 Å². The summed E-state index contributed by atoms with van der Waals surface area (Å²) in [6, 6.07) is 8.16. The Bertz CT molecular complexity index is 1080. The van der Waals surface area contributed by atoms with E-state index in [1.165, 1.54) is 5.56 Å². The first-order chi connectivity index (χ1) is 13.9. The monoisotopic (exact) mass is 394 g/mol. The normalized spacial score (nSPS) is 17.2. The summed E-state index contributed by atoms with van der Waals surface area (Å²) >= 11 is 0. The molecule has 3 aromatic rings. The van der Waals surface area contributed by atoms with Crippen LogP contribution in [0.2, 0.25) is 0 Å². The molecule has 1 aromatic carbocycles. The van der Waals surface area contributed by atoms with E-state index in [1.54, 1.807) is 4.68 Å². The number of aryl methyl sites for hydroxylation is 1. The van der Waals surface area contributed by atoms with E-state index in [2.05, 4.69) is 15.3 Å². The third-order valence-electron chi connectivity index (χ3n) is 5.46. The van der Waals surface area contributed by atoms with Gasteiger partial charge in [-0.1, -0.05) is 48.9 Å². The molecule has 1 atom stereocenters. The van der Waals surface area contributed by atoms with Crippen LogP contribution in [0.4, 0.5) is 0 Å². The van der Waals surface area contributed by atoms with Crippen molar-refractivity contribution >= 4 is 17.1 Å². The molecule has 8 heteroatoms. The highest BCUT2D eigenvalue weighted by atomic mass is 16.2. The largest absolute Gasteiger partial charge is 0.342 e. The van der Waals surface area contributed by atoms with E-state index in [0.29, 0.717) is 24.6 Å². The summed E-state index contributed by atoms with van der Waals surface area (Å²) in [5.74, 6) is 0.718. The van der Waals surface area contributed by atoms with Gasteiger partial charge in [-0.25, -0.2) is 9.67 Å². The number of hydrogen-bond acceptors (Lipinski definition) is 5. The van der Waals surface area contributed by atoms with Crippen molar-refractivity contribution in [3.05, 3.63) is 51.6 Å². The zero-order valence-electron chi connectivity index (χ0n) is 17.1. The number of amides is 1. The molecule has 4 rings (SSSR count). The smallest absolute Gasteiger partial charge is 0.281 e. The summed E-state index contributed by atoms with van der Waals surface area (Å²) in [6.45, 7) is 7.69. The maximum atomic E-state index is 12.6. The Morgan fingerprint density at radius 3 is 2.76 bits per heavy atom. The van der Waals surface area contributed by atoms with Crippen LogP contribution in [0.5, 0.6) is 0 Å². The van der Waals surface area contributed by atoms with Gasteiger partial charge < -0.3 is 9.88 Å². The number of H-pyrrole nitrogens is 1. The quantitative estimate of drug-likeness (QED) is 0.732. The summed E-state index contributed by atoms with van der Waals surface area (Å²) in [7, 11) is 0. The summed E-state index contributed by atoms with van der Waals surface area (Å²) in [6.07, 6.45) is 1.78. The van der Waals surface area contributed by atoms with Crippen LogP contribution < -0.4 is 5.56 Å². The number of aromatic nitrogens is 5. The molecule has 1 N–H and O–H groups in total. The van der Waals surface area contributed by atoms with Crippen molar-refractivity contribution in [3.8, 4) is 0 Å². The van der Waals surface area contributed by atoms with E-state index in [0.717, 1.165) is 24.9 Å². The Balaban J connectivity index is 1.64. The van der Waals surface area contributed by atoms with Crippen molar-refractivity contribution in [3.63, 3.8) is 0 Å². The fourth-order valence-corrected chi connectivity index (χ4v) is 3.82. The Morgan fingerprint density at radius 2 is 2.03 bits per heavy atom. The molecule has 3 heterocycles. The van der Waals surface area contributed by atoms with Crippen LogP contribution in [0.3, 0.4) is 0 Å². The standard InChI is InChI=1S/C21H26N6O2/c1-13(2)21(29)26-10-4-5-16(12-26)18-22-19-17(20(28)23-18)24-25-27(19)11-15-8-6-14(3)7-9-15/h6-9,13,16H,4-5,10-12H2,1-3H3,(H,22,23,28). The fraction of sp³-hybridized carbons (Fsp3) is 0.476. The molecular formula is C21H26N6O2. The van der Waals surface area contributed by atoms with Gasteiger partial charge in [0.05, 0.1) is 6.54 Å². The Morgan fingerprint density at radius 1 is 1.28 bits per heavy atom. The second kappa shape index (κ2) is 7.77. The third-order valence-corrected chi connectivity index (χ3v) is 5.46. The number of fused-ring (bicyclic) bond motifs is 1. The first-order valence-electron chi connectivity index (χ1n) is 10.1. The van der Waals surface area contributed by atoms with Crippen molar-refractivity contribution in [2.24, 2.45) is 5.92 Å². The topological polar surface area (TPSA) is 96.8 Å². The maximum absolute atomic E-state index is 12.6. The Hall–Kier alpha value is -3.03. The van der Waals surface area contributed by atoms with Crippen LogP contribution in [0.1, 0.15) is 49.6 Å². The predicted octanol–water partition coefficient (Wildman–Crippen LogP) is 2.23. The summed E-state index contributed by atoms with van der Waals surface area (Å²) < 4.78 is 1.67. The van der Waals surface area contributed by atoms with Gasteiger partial charge in [0.25, 0.3) is 5.56 Å². The number of carbonyl (C=O) groups is 1. The third kappa shape index (κ3) is 3.92. The Kier molecular flexibility index (Phi) is 5.17. The van der Waals surface area contributed by atoms with Crippen LogP contribution in [-0.4, -0.2) is 48.9 Å². The van der Waals surface area contributed by atoms with Crippen LogP contribution in [0.25, 0.3) is 11.2 Å². The van der Waals surface area contributed by atoms with Crippen molar-refractivity contribution in [1.82, 2.24) is 29.9 Å². The van der Waals surface area contributed by atoms with E-state index in [4.69, 9.17) is 4.98 Å². The molecule has 0 bridgehead atoms. The molecule has 152 valence electrons. The highest BCUT2D eigenvalue weighted by Crippen LogP contribution is 2.25. The highest BCUT2D eigenvalue weighted by molar-refractivity contribution is 5.78. The zero-order chi connectivity index (χ0) is 20.5. The lowest BCUT2D eigenvalue weighted by molar-refractivity contribution is -0.135. The molecule has 0 aliphatic carbocycles. The van der Waals surface area contributed by atoms with Gasteiger partial charge in [-0.3, -0.25) is 9.59 Å². The fourth-order valence-electron chi connectivity index (χ4n) is 3.82. The van der Waals surface area contributed by atoms with Gasteiger partial charge in [-0.15, -0.1) is 5.10 Å². The number of nitrogens with zero attached hydrogens (tertiary/aromatic N) is 5. The van der Waals surface area contributed by atoms with Gasteiger partial charge in [-0.2, -0.15) is 0 Å². The first-order valence-corrected chi connectivity index (χ1v) is 10.1. The molecule has 0 spiro atoms. The molecule has 0 radical (unpaired) electrons. The van der Waals surface area contributed by atoms with E-state index in [-0.39, 0.29) is 28.8 Å². The van der Waals surface area contributed by atoms with E-state index >= 15 is 0 Å². The van der Waals surface area contributed by atoms with Gasteiger partial charge in [-0.05, 0) is 25.3 Å². The SMILES string of the molecule is Cc1ccc(Cn2nnc3c(=O)[nH]c(C4CCCN(C(=O)C(C)C)C4)nc32)cc1. The first kappa shape index (κ1) is 19.3. The number of nitrogens with one attached hydrogen (secondary N) is 1. The molecule has 0 saturated carbocycles. The minimum atomic E-state index is -0.285. The van der Waals surface area contributed by atoms with Crippen molar-refractivity contribution < 1.29 is 4.79 Å². The number of rotatable bonds is 4. The van der Waals surface area contributed by atoms with Crippen molar-refractivity contribution in [1.29, 1.82) is 0 Å². The molecule has 1 saturated heterocycles. The molecule has 2 aromatic heterocycles. The molecule has 1 aliphatic heterocycles. The zero-order valence-corrected chi connectivity index (χ0v) is 17.1. The van der Waals surface area contributed by atoms with Crippen LogP contribution in [0.15, 0.2) is 29.1 Å². The minimum absolute atomic E-state index is 0.00581. The molecule has 8 nitrogen and oxygen atoms in total. The lowest BCUT2D eigenvalue weighted by Gasteiger charge is -2.33.